The highest BCUT2D eigenvalue weighted by atomic mass is 35.5. The van der Waals surface area contributed by atoms with E-state index in [2.05, 4.69) is 9.72 Å². The first-order valence-corrected chi connectivity index (χ1v) is 6.00. The molecule has 0 aliphatic heterocycles. The Kier molecular flexibility index (Phi) is 4.44. The van der Waals surface area contributed by atoms with Crippen LogP contribution in [0.1, 0.15) is 5.56 Å². The lowest BCUT2D eigenvalue weighted by molar-refractivity contribution is -0.0521. The summed E-state index contributed by atoms with van der Waals surface area (Å²) in [7, 11) is 0. The van der Waals surface area contributed by atoms with Crippen LogP contribution in [0.3, 0.4) is 0 Å². The Bertz CT molecular complexity index is 621. The van der Waals surface area contributed by atoms with Crippen molar-refractivity contribution in [1.82, 2.24) is 4.98 Å². The van der Waals surface area contributed by atoms with Gasteiger partial charge in [-0.15, -0.1) is 11.6 Å². The normalized spacial score (nSPS) is 10.9. The van der Waals surface area contributed by atoms with Crippen LogP contribution >= 0.6 is 11.6 Å². The zero-order valence-corrected chi connectivity index (χ0v) is 10.7. The molecule has 0 bridgehead atoms. The van der Waals surface area contributed by atoms with Crippen LogP contribution in [-0.2, 0) is 5.88 Å². The Morgan fingerprint density at radius 2 is 1.90 bits per heavy atom. The van der Waals surface area contributed by atoms with E-state index in [9.17, 15) is 17.6 Å². The van der Waals surface area contributed by atoms with Gasteiger partial charge in [0.1, 0.15) is 0 Å². The first kappa shape index (κ1) is 14.6. The second-order valence-corrected chi connectivity index (χ2v) is 4.10. The maximum absolute atomic E-state index is 13.3. The molecule has 0 atom stereocenters. The molecule has 1 aromatic carbocycles. The van der Waals surface area contributed by atoms with Crippen molar-refractivity contribution in [3.63, 3.8) is 0 Å². The number of halogens is 5. The molecule has 7 heteroatoms. The number of alkyl halides is 3. The Morgan fingerprint density at radius 1 is 1.15 bits per heavy atom. The summed E-state index contributed by atoms with van der Waals surface area (Å²) < 4.78 is 54.9. The van der Waals surface area contributed by atoms with Gasteiger partial charge in [-0.2, -0.15) is 13.2 Å². The Morgan fingerprint density at radius 3 is 2.55 bits per heavy atom. The van der Waals surface area contributed by atoms with Crippen LogP contribution in [0.15, 0.2) is 30.5 Å². The molecule has 2 nitrogen and oxygen atoms in total. The van der Waals surface area contributed by atoms with E-state index in [1.165, 1.54) is 18.3 Å². The zero-order valence-electron chi connectivity index (χ0n) is 9.92. The standard InChI is InChI=1S/C13H8ClF4NO/c14-5-8-3-9(6-19-12(8)16)7-1-2-10(15)11(4-7)20-13(17)18/h1-4,6,13H,5H2. The molecule has 0 unspecified atom stereocenters. The largest absolute Gasteiger partial charge is 0.432 e. The highest BCUT2D eigenvalue weighted by Crippen LogP contribution is 2.28. The van der Waals surface area contributed by atoms with Crippen LogP contribution in [-0.4, -0.2) is 11.6 Å². The average Bonchev–Trinajstić information content (AvgIpc) is 2.41. The number of hydrogen-bond acceptors (Lipinski definition) is 2. The number of ether oxygens (including phenoxy) is 1. The van der Waals surface area contributed by atoms with Crippen LogP contribution < -0.4 is 4.74 Å². The number of aromatic nitrogens is 1. The molecular formula is C13H8ClF4NO. The van der Waals surface area contributed by atoms with Gasteiger partial charge in [0, 0.05) is 17.3 Å². The van der Waals surface area contributed by atoms with Gasteiger partial charge >= 0.3 is 6.61 Å². The van der Waals surface area contributed by atoms with E-state index in [1.54, 1.807) is 0 Å². The van der Waals surface area contributed by atoms with E-state index < -0.39 is 24.1 Å². The number of rotatable bonds is 4. The molecule has 106 valence electrons. The first-order valence-electron chi connectivity index (χ1n) is 5.46. The van der Waals surface area contributed by atoms with Crippen molar-refractivity contribution in [3.05, 3.63) is 47.8 Å². The molecule has 0 fully saturated rings. The van der Waals surface area contributed by atoms with Crippen molar-refractivity contribution < 1.29 is 22.3 Å². The van der Waals surface area contributed by atoms with Crippen molar-refractivity contribution >= 4 is 11.6 Å². The molecule has 2 rings (SSSR count). The minimum absolute atomic E-state index is 0.0890. The first-order chi connectivity index (χ1) is 9.51. The minimum atomic E-state index is -3.13. The molecule has 1 aromatic heterocycles. The summed E-state index contributed by atoms with van der Waals surface area (Å²) in [5, 5.41) is 0. The van der Waals surface area contributed by atoms with Gasteiger partial charge in [-0.1, -0.05) is 6.07 Å². The lowest BCUT2D eigenvalue weighted by Crippen LogP contribution is -2.03. The third-order valence-electron chi connectivity index (χ3n) is 2.54. The molecule has 0 saturated heterocycles. The van der Waals surface area contributed by atoms with E-state index in [-0.39, 0.29) is 11.4 Å². The van der Waals surface area contributed by atoms with Crippen molar-refractivity contribution in [3.8, 4) is 16.9 Å². The molecular weight excluding hydrogens is 298 g/mol. The van der Waals surface area contributed by atoms with Crippen molar-refractivity contribution in [2.45, 2.75) is 12.5 Å². The predicted octanol–water partition coefficient (Wildman–Crippen LogP) is 4.37. The van der Waals surface area contributed by atoms with Gasteiger partial charge in [-0.25, -0.2) is 9.37 Å². The Labute approximate surface area is 117 Å². The fourth-order valence-corrected chi connectivity index (χ4v) is 1.80. The summed E-state index contributed by atoms with van der Waals surface area (Å²) in [5.74, 6) is -2.31. The van der Waals surface area contributed by atoms with Crippen molar-refractivity contribution in [2.75, 3.05) is 0 Å². The highest BCUT2D eigenvalue weighted by molar-refractivity contribution is 6.17. The highest BCUT2D eigenvalue weighted by Gasteiger charge is 2.12. The summed E-state index contributed by atoms with van der Waals surface area (Å²) in [6.07, 6.45) is 1.20. The number of hydrogen-bond donors (Lipinski definition) is 0. The molecule has 0 radical (unpaired) electrons. The van der Waals surface area contributed by atoms with Gasteiger partial charge < -0.3 is 4.74 Å². The maximum Gasteiger partial charge on any atom is 0.387 e. The molecule has 0 amide bonds. The predicted molar refractivity (Wildman–Crippen MR) is 65.8 cm³/mol. The fraction of sp³-hybridized carbons (Fsp3) is 0.154. The molecule has 1 heterocycles. The summed E-state index contributed by atoms with van der Waals surface area (Å²) in [5.41, 5.74) is 0.937. The van der Waals surface area contributed by atoms with E-state index >= 15 is 0 Å². The number of pyridine rings is 1. The zero-order chi connectivity index (χ0) is 14.7. The number of benzene rings is 1. The second kappa shape index (κ2) is 6.09. The van der Waals surface area contributed by atoms with E-state index in [1.807, 2.05) is 0 Å². The molecule has 2 aromatic rings. The molecule has 0 aliphatic rings. The van der Waals surface area contributed by atoms with Gasteiger partial charge in [0.05, 0.1) is 5.88 Å². The Hall–Kier alpha value is -1.82. The lowest BCUT2D eigenvalue weighted by atomic mass is 10.1. The van der Waals surface area contributed by atoms with Crippen LogP contribution in [0.5, 0.6) is 5.75 Å². The van der Waals surface area contributed by atoms with Gasteiger partial charge in [-0.05, 0) is 23.8 Å². The molecule has 20 heavy (non-hydrogen) atoms. The van der Waals surface area contributed by atoms with Crippen LogP contribution in [0.2, 0.25) is 0 Å². The topological polar surface area (TPSA) is 22.1 Å². The fourth-order valence-electron chi connectivity index (χ4n) is 1.61. The monoisotopic (exact) mass is 305 g/mol. The molecule has 0 N–H and O–H groups in total. The van der Waals surface area contributed by atoms with E-state index in [0.29, 0.717) is 11.1 Å². The molecule has 0 aliphatic carbocycles. The SMILES string of the molecule is Fc1ccc(-c2cnc(F)c(CCl)c2)cc1OC(F)F. The molecule has 0 saturated carbocycles. The van der Waals surface area contributed by atoms with Gasteiger partial charge in [0.25, 0.3) is 0 Å². The summed E-state index contributed by atoms with van der Waals surface area (Å²) in [6, 6.07) is 4.83. The minimum Gasteiger partial charge on any atom is -0.432 e. The lowest BCUT2D eigenvalue weighted by Gasteiger charge is -2.09. The molecule has 0 spiro atoms. The maximum atomic E-state index is 13.3. The second-order valence-electron chi connectivity index (χ2n) is 3.83. The van der Waals surface area contributed by atoms with E-state index in [4.69, 9.17) is 11.6 Å². The summed E-state index contributed by atoms with van der Waals surface area (Å²) >= 11 is 5.55. The van der Waals surface area contributed by atoms with E-state index in [0.717, 1.165) is 12.1 Å². The third-order valence-corrected chi connectivity index (χ3v) is 2.82. The van der Waals surface area contributed by atoms with Gasteiger partial charge in [0.15, 0.2) is 11.6 Å². The quantitative estimate of drug-likeness (QED) is 0.475. The summed E-state index contributed by atoms with van der Waals surface area (Å²) in [4.78, 5) is 3.51. The summed E-state index contributed by atoms with van der Waals surface area (Å²) in [6.45, 7) is -3.13. The Balaban J connectivity index is 2.42. The van der Waals surface area contributed by atoms with Gasteiger partial charge in [-0.3, -0.25) is 0 Å². The van der Waals surface area contributed by atoms with Crippen LogP contribution in [0.25, 0.3) is 11.1 Å². The number of nitrogens with zero attached hydrogens (tertiary/aromatic N) is 1. The smallest absolute Gasteiger partial charge is 0.387 e. The average molecular weight is 306 g/mol. The van der Waals surface area contributed by atoms with Crippen molar-refractivity contribution in [1.29, 1.82) is 0 Å². The third kappa shape index (κ3) is 3.19. The van der Waals surface area contributed by atoms with Gasteiger partial charge in [0.2, 0.25) is 5.95 Å². The van der Waals surface area contributed by atoms with Crippen molar-refractivity contribution in [2.24, 2.45) is 0 Å². The van der Waals surface area contributed by atoms with Crippen LogP contribution in [0.4, 0.5) is 17.6 Å². The van der Waals surface area contributed by atoms with Crippen LogP contribution in [0, 0.1) is 11.8 Å².